The molecule has 0 fully saturated rings. The molecule has 0 aliphatic heterocycles. The third-order valence-electron chi connectivity index (χ3n) is 3.43. The number of carbonyl (C=O) groups is 1. The van der Waals surface area contributed by atoms with Gasteiger partial charge >= 0.3 is 0 Å². The molecule has 2 aromatic carbocycles. The van der Waals surface area contributed by atoms with Crippen molar-refractivity contribution in [2.75, 3.05) is 28.7 Å². The highest BCUT2D eigenvalue weighted by molar-refractivity contribution is 7.98. The molecule has 2 aromatic rings. The topological polar surface area (TPSA) is 66.5 Å². The Morgan fingerprint density at radius 2 is 1.88 bits per heavy atom. The number of amides is 1. The molecule has 0 aromatic heterocycles. The number of para-hydroxylation sites is 1. The lowest BCUT2D eigenvalue weighted by Crippen LogP contribution is -2.37. The van der Waals surface area contributed by atoms with Crippen LogP contribution in [0.25, 0.3) is 0 Å². The summed E-state index contributed by atoms with van der Waals surface area (Å²) in [7, 11) is -3.57. The summed E-state index contributed by atoms with van der Waals surface area (Å²) in [4.78, 5) is 13.3. The van der Waals surface area contributed by atoms with Gasteiger partial charge in [0.15, 0.2) is 0 Å². The van der Waals surface area contributed by atoms with Crippen LogP contribution in [0.15, 0.2) is 53.4 Å². The number of nitrogens with zero attached hydrogens (tertiary/aromatic N) is 1. The van der Waals surface area contributed by atoms with E-state index in [4.69, 9.17) is 0 Å². The van der Waals surface area contributed by atoms with Gasteiger partial charge < -0.3 is 5.32 Å². The van der Waals surface area contributed by atoms with Crippen LogP contribution in [0.4, 0.5) is 11.4 Å². The van der Waals surface area contributed by atoms with E-state index in [0.29, 0.717) is 11.4 Å². The van der Waals surface area contributed by atoms with Crippen LogP contribution < -0.4 is 9.62 Å². The summed E-state index contributed by atoms with van der Waals surface area (Å²) in [5.74, 6) is -0.387. The number of hydrogen-bond acceptors (Lipinski definition) is 4. The van der Waals surface area contributed by atoms with Crippen molar-refractivity contribution in [2.45, 2.75) is 11.8 Å². The molecule has 24 heavy (non-hydrogen) atoms. The van der Waals surface area contributed by atoms with Crippen molar-refractivity contribution in [1.29, 1.82) is 0 Å². The number of benzene rings is 2. The van der Waals surface area contributed by atoms with E-state index in [1.807, 2.05) is 43.5 Å². The van der Waals surface area contributed by atoms with Crippen molar-refractivity contribution in [3.05, 3.63) is 54.1 Å². The van der Waals surface area contributed by atoms with Crippen molar-refractivity contribution in [3.8, 4) is 0 Å². The van der Waals surface area contributed by atoms with Gasteiger partial charge in [-0.1, -0.05) is 24.3 Å². The second-order valence-corrected chi connectivity index (χ2v) is 8.12. The van der Waals surface area contributed by atoms with E-state index in [0.717, 1.165) is 21.0 Å². The van der Waals surface area contributed by atoms with Crippen molar-refractivity contribution in [2.24, 2.45) is 0 Å². The van der Waals surface area contributed by atoms with Gasteiger partial charge in [0, 0.05) is 10.6 Å². The Balaban J connectivity index is 2.21. The Bertz CT molecular complexity index is 835. The molecule has 0 heterocycles. The molecule has 128 valence electrons. The lowest BCUT2D eigenvalue weighted by atomic mass is 10.2. The molecule has 0 saturated heterocycles. The van der Waals surface area contributed by atoms with Crippen LogP contribution in [-0.2, 0) is 14.8 Å². The highest BCUT2D eigenvalue weighted by atomic mass is 32.2. The minimum atomic E-state index is -3.57. The number of aryl methyl sites for hydroxylation is 1. The highest BCUT2D eigenvalue weighted by Crippen LogP contribution is 2.22. The standard InChI is InChI=1S/C17H20N2O3S2/c1-13-7-4-5-10-16(13)19(24(3,21)22)12-17(20)18-14-8-6-9-15(11-14)23-2/h4-11H,12H2,1-3H3,(H,18,20). The van der Waals surface area contributed by atoms with E-state index in [1.165, 1.54) is 0 Å². The lowest BCUT2D eigenvalue weighted by Gasteiger charge is -2.23. The normalized spacial score (nSPS) is 11.1. The maximum atomic E-state index is 12.3. The van der Waals surface area contributed by atoms with Gasteiger partial charge in [0.2, 0.25) is 15.9 Å². The molecule has 7 heteroatoms. The SMILES string of the molecule is CSc1cccc(NC(=O)CN(c2ccccc2C)S(C)(=O)=O)c1. The monoisotopic (exact) mass is 364 g/mol. The number of rotatable bonds is 6. The fourth-order valence-corrected chi connectivity index (χ4v) is 3.63. The minimum Gasteiger partial charge on any atom is -0.324 e. The second-order valence-electron chi connectivity index (χ2n) is 5.34. The molecule has 5 nitrogen and oxygen atoms in total. The zero-order valence-corrected chi connectivity index (χ0v) is 15.4. The molecule has 0 radical (unpaired) electrons. The molecular weight excluding hydrogens is 344 g/mol. The molecular formula is C17H20N2O3S2. The van der Waals surface area contributed by atoms with Crippen LogP contribution in [0.3, 0.4) is 0 Å². The maximum Gasteiger partial charge on any atom is 0.245 e. The maximum absolute atomic E-state index is 12.3. The predicted octanol–water partition coefficient (Wildman–Crippen LogP) is 3.12. The van der Waals surface area contributed by atoms with Gasteiger partial charge in [0.05, 0.1) is 11.9 Å². The van der Waals surface area contributed by atoms with Crippen LogP contribution in [0, 0.1) is 6.92 Å². The molecule has 0 aliphatic carbocycles. The van der Waals surface area contributed by atoms with Gasteiger partial charge in [-0.05, 0) is 43.0 Å². The second kappa shape index (κ2) is 7.72. The molecule has 0 aliphatic rings. The van der Waals surface area contributed by atoms with Gasteiger partial charge in [0.1, 0.15) is 6.54 Å². The fourth-order valence-electron chi connectivity index (χ4n) is 2.26. The Labute approximate surface area is 147 Å². The summed E-state index contributed by atoms with van der Waals surface area (Å²) in [6.07, 6.45) is 3.05. The first-order valence-electron chi connectivity index (χ1n) is 7.28. The third kappa shape index (κ3) is 4.75. The van der Waals surface area contributed by atoms with Gasteiger partial charge in [-0.3, -0.25) is 9.10 Å². The molecule has 0 spiro atoms. The predicted molar refractivity (Wildman–Crippen MR) is 100 cm³/mol. The van der Waals surface area contributed by atoms with Crippen LogP contribution in [-0.4, -0.2) is 33.4 Å². The van der Waals surface area contributed by atoms with E-state index in [1.54, 1.807) is 30.0 Å². The van der Waals surface area contributed by atoms with Gasteiger partial charge in [-0.15, -0.1) is 11.8 Å². The van der Waals surface area contributed by atoms with Gasteiger partial charge in [-0.2, -0.15) is 0 Å². The first-order chi connectivity index (χ1) is 11.3. The zero-order chi connectivity index (χ0) is 17.7. The number of anilines is 2. The number of nitrogens with one attached hydrogen (secondary N) is 1. The van der Waals surface area contributed by atoms with Crippen LogP contribution >= 0.6 is 11.8 Å². The van der Waals surface area contributed by atoms with E-state index in [-0.39, 0.29) is 12.5 Å². The molecule has 1 N–H and O–H groups in total. The third-order valence-corrected chi connectivity index (χ3v) is 5.28. The molecule has 0 atom stereocenters. The van der Waals surface area contributed by atoms with Crippen molar-refractivity contribution in [1.82, 2.24) is 0 Å². The lowest BCUT2D eigenvalue weighted by molar-refractivity contribution is -0.114. The summed E-state index contributed by atoms with van der Waals surface area (Å²) in [5.41, 5.74) is 1.94. The van der Waals surface area contributed by atoms with Gasteiger partial charge in [-0.25, -0.2) is 8.42 Å². The summed E-state index contributed by atoms with van der Waals surface area (Å²) in [6.45, 7) is 1.54. The summed E-state index contributed by atoms with van der Waals surface area (Å²) >= 11 is 1.57. The number of carbonyl (C=O) groups excluding carboxylic acids is 1. The van der Waals surface area contributed by atoms with Crippen molar-refractivity contribution in [3.63, 3.8) is 0 Å². The Morgan fingerprint density at radius 1 is 1.17 bits per heavy atom. The molecule has 0 unspecified atom stereocenters. The first-order valence-corrected chi connectivity index (χ1v) is 10.4. The average molecular weight is 364 g/mol. The Kier molecular flexibility index (Phi) is 5.90. The molecule has 2 rings (SSSR count). The number of sulfonamides is 1. The summed E-state index contributed by atoms with van der Waals surface area (Å²) in [6, 6.07) is 14.5. The van der Waals surface area contributed by atoms with E-state index in [2.05, 4.69) is 5.32 Å². The highest BCUT2D eigenvalue weighted by Gasteiger charge is 2.22. The minimum absolute atomic E-state index is 0.271. The van der Waals surface area contributed by atoms with E-state index < -0.39 is 10.0 Å². The average Bonchev–Trinajstić information content (AvgIpc) is 2.52. The van der Waals surface area contributed by atoms with Gasteiger partial charge in [0.25, 0.3) is 0 Å². The van der Waals surface area contributed by atoms with Crippen LogP contribution in [0.2, 0.25) is 0 Å². The Hall–Kier alpha value is -1.99. The molecule has 0 saturated carbocycles. The van der Waals surface area contributed by atoms with Crippen molar-refractivity contribution < 1.29 is 13.2 Å². The van der Waals surface area contributed by atoms with Crippen LogP contribution in [0.1, 0.15) is 5.56 Å². The van der Waals surface area contributed by atoms with Crippen LogP contribution in [0.5, 0.6) is 0 Å². The largest absolute Gasteiger partial charge is 0.324 e. The Morgan fingerprint density at radius 3 is 2.50 bits per heavy atom. The van der Waals surface area contributed by atoms with E-state index >= 15 is 0 Å². The fraction of sp³-hybridized carbons (Fsp3) is 0.235. The summed E-state index contributed by atoms with van der Waals surface area (Å²) < 4.78 is 25.4. The summed E-state index contributed by atoms with van der Waals surface area (Å²) in [5, 5.41) is 2.75. The number of hydrogen-bond donors (Lipinski definition) is 1. The van der Waals surface area contributed by atoms with Crippen molar-refractivity contribution >= 4 is 39.1 Å². The molecule has 1 amide bonds. The smallest absolute Gasteiger partial charge is 0.245 e. The zero-order valence-electron chi connectivity index (χ0n) is 13.8. The van der Waals surface area contributed by atoms with E-state index in [9.17, 15) is 13.2 Å². The number of thioether (sulfide) groups is 1. The molecule has 0 bridgehead atoms. The quantitative estimate of drug-likeness (QED) is 0.800. The first kappa shape index (κ1) is 18.4.